The van der Waals surface area contributed by atoms with E-state index in [1.54, 1.807) is 0 Å². The Hall–Kier alpha value is -1.13. The lowest BCUT2D eigenvalue weighted by Gasteiger charge is -2.00. The molecule has 4 nitrogen and oxygen atoms in total. The van der Waals surface area contributed by atoms with E-state index in [1.807, 2.05) is 0 Å². The van der Waals surface area contributed by atoms with Gasteiger partial charge in [-0.15, -0.1) is 0 Å². The lowest BCUT2D eigenvalue weighted by atomic mass is 10.2. The SMILES string of the molecule is C/C(=N\OCCCC(C)F)C(=O)O. The van der Waals surface area contributed by atoms with Gasteiger partial charge in [0.25, 0.3) is 0 Å². The molecule has 13 heavy (non-hydrogen) atoms. The number of hydrogen-bond donors (Lipinski definition) is 1. The summed E-state index contributed by atoms with van der Waals surface area (Å²) in [6.45, 7) is 3.05. The quantitative estimate of drug-likeness (QED) is 0.394. The number of halogens is 1. The Morgan fingerprint density at radius 3 is 2.77 bits per heavy atom. The molecular weight excluding hydrogens is 177 g/mol. The Morgan fingerprint density at radius 1 is 1.69 bits per heavy atom. The molecule has 0 aliphatic carbocycles. The van der Waals surface area contributed by atoms with Crippen molar-refractivity contribution in [2.45, 2.75) is 32.9 Å². The van der Waals surface area contributed by atoms with E-state index in [0.29, 0.717) is 12.8 Å². The van der Waals surface area contributed by atoms with Gasteiger partial charge in [-0.05, 0) is 26.7 Å². The molecule has 0 radical (unpaired) electrons. The molecule has 0 spiro atoms. The zero-order chi connectivity index (χ0) is 10.3. The van der Waals surface area contributed by atoms with Gasteiger partial charge in [0.15, 0.2) is 5.71 Å². The summed E-state index contributed by atoms with van der Waals surface area (Å²) in [5.74, 6) is -1.11. The molecule has 0 fully saturated rings. The highest BCUT2D eigenvalue weighted by Crippen LogP contribution is 2.00. The van der Waals surface area contributed by atoms with Gasteiger partial charge in [0.05, 0.1) is 6.17 Å². The predicted molar refractivity (Wildman–Crippen MR) is 46.5 cm³/mol. The predicted octanol–water partition coefficient (Wildman–Crippen LogP) is 1.60. The largest absolute Gasteiger partial charge is 0.477 e. The van der Waals surface area contributed by atoms with Gasteiger partial charge in [-0.25, -0.2) is 9.18 Å². The van der Waals surface area contributed by atoms with E-state index in [1.165, 1.54) is 13.8 Å². The van der Waals surface area contributed by atoms with E-state index in [-0.39, 0.29) is 12.3 Å². The monoisotopic (exact) mass is 191 g/mol. The summed E-state index contributed by atoms with van der Waals surface area (Å²) in [6.07, 6.45) is 0.0866. The van der Waals surface area contributed by atoms with Crippen LogP contribution in [0, 0.1) is 0 Å². The van der Waals surface area contributed by atoms with Crippen LogP contribution in [0.2, 0.25) is 0 Å². The maximum absolute atomic E-state index is 12.2. The first-order valence-corrected chi connectivity index (χ1v) is 4.08. The van der Waals surface area contributed by atoms with Crippen LogP contribution >= 0.6 is 0 Å². The van der Waals surface area contributed by atoms with Crippen molar-refractivity contribution in [3.05, 3.63) is 0 Å². The number of rotatable bonds is 6. The van der Waals surface area contributed by atoms with E-state index in [0.717, 1.165) is 0 Å². The minimum atomic E-state index is -1.11. The third-order valence-electron chi connectivity index (χ3n) is 1.35. The molecule has 0 rings (SSSR count). The van der Waals surface area contributed by atoms with Crippen LogP contribution < -0.4 is 0 Å². The average Bonchev–Trinajstić information content (AvgIpc) is 2.02. The fourth-order valence-corrected chi connectivity index (χ4v) is 0.611. The van der Waals surface area contributed by atoms with Crippen molar-refractivity contribution in [2.24, 2.45) is 5.16 Å². The summed E-state index contributed by atoms with van der Waals surface area (Å²) in [7, 11) is 0. The number of oxime groups is 1. The Balaban J connectivity index is 3.45. The Kier molecular flexibility index (Phi) is 5.84. The smallest absolute Gasteiger partial charge is 0.353 e. The summed E-state index contributed by atoms with van der Waals surface area (Å²) >= 11 is 0. The molecule has 0 bridgehead atoms. The van der Waals surface area contributed by atoms with Gasteiger partial charge in [0, 0.05) is 0 Å². The molecule has 0 aliphatic rings. The van der Waals surface area contributed by atoms with Gasteiger partial charge in [0.1, 0.15) is 6.61 Å². The highest BCUT2D eigenvalue weighted by molar-refractivity contribution is 6.34. The van der Waals surface area contributed by atoms with E-state index < -0.39 is 12.1 Å². The molecule has 0 aromatic rings. The van der Waals surface area contributed by atoms with E-state index in [4.69, 9.17) is 5.11 Å². The van der Waals surface area contributed by atoms with Gasteiger partial charge in [-0.1, -0.05) is 5.16 Å². The molecule has 0 heterocycles. The first kappa shape index (κ1) is 11.9. The Morgan fingerprint density at radius 2 is 2.31 bits per heavy atom. The summed E-state index contributed by atoms with van der Waals surface area (Å²) in [5.41, 5.74) is -0.103. The lowest BCUT2D eigenvalue weighted by Crippen LogP contribution is -2.09. The third kappa shape index (κ3) is 7.24. The molecule has 5 heteroatoms. The second-order valence-corrected chi connectivity index (χ2v) is 2.74. The molecule has 0 saturated carbocycles. The number of carbonyl (C=O) groups is 1. The van der Waals surface area contributed by atoms with Crippen LogP contribution in [0.1, 0.15) is 26.7 Å². The molecule has 1 N–H and O–H groups in total. The number of carboxylic acids is 1. The van der Waals surface area contributed by atoms with Crippen LogP contribution in [0.5, 0.6) is 0 Å². The van der Waals surface area contributed by atoms with Crippen LogP contribution in [0.4, 0.5) is 4.39 Å². The van der Waals surface area contributed by atoms with Crippen molar-refractivity contribution >= 4 is 11.7 Å². The van der Waals surface area contributed by atoms with Crippen molar-refractivity contribution < 1.29 is 19.1 Å². The van der Waals surface area contributed by atoms with Gasteiger partial charge >= 0.3 is 5.97 Å². The molecule has 0 aromatic heterocycles. The minimum Gasteiger partial charge on any atom is -0.477 e. The van der Waals surface area contributed by atoms with Crippen molar-refractivity contribution in [2.75, 3.05) is 6.61 Å². The van der Waals surface area contributed by atoms with Crippen LogP contribution in [-0.4, -0.2) is 29.6 Å². The van der Waals surface area contributed by atoms with Crippen molar-refractivity contribution in [1.82, 2.24) is 0 Å². The molecule has 1 atom stereocenters. The molecule has 76 valence electrons. The van der Waals surface area contributed by atoms with Crippen molar-refractivity contribution in [3.8, 4) is 0 Å². The molecule has 0 saturated heterocycles. The summed E-state index contributed by atoms with van der Waals surface area (Å²) in [6, 6.07) is 0. The number of alkyl halides is 1. The zero-order valence-corrected chi connectivity index (χ0v) is 7.79. The van der Waals surface area contributed by atoms with E-state index in [9.17, 15) is 9.18 Å². The van der Waals surface area contributed by atoms with E-state index >= 15 is 0 Å². The molecule has 0 aromatic carbocycles. The number of nitrogens with zero attached hydrogens (tertiary/aromatic N) is 1. The summed E-state index contributed by atoms with van der Waals surface area (Å²) < 4.78 is 12.2. The van der Waals surface area contributed by atoms with Crippen LogP contribution in [0.25, 0.3) is 0 Å². The summed E-state index contributed by atoms with van der Waals surface area (Å²) in [4.78, 5) is 14.8. The normalized spacial score (nSPS) is 13.9. The second-order valence-electron chi connectivity index (χ2n) is 2.74. The van der Waals surface area contributed by atoms with Gasteiger partial charge in [0.2, 0.25) is 0 Å². The molecular formula is C8H14FNO3. The van der Waals surface area contributed by atoms with E-state index in [2.05, 4.69) is 9.99 Å². The maximum atomic E-state index is 12.2. The fraction of sp³-hybridized carbons (Fsp3) is 0.750. The number of carboxylic acid groups (broad SMARTS) is 1. The maximum Gasteiger partial charge on any atom is 0.353 e. The van der Waals surface area contributed by atoms with Gasteiger partial charge in [-0.3, -0.25) is 0 Å². The standard InChI is InChI=1S/C8H14FNO3/c1-6(9)4-3-5-13-10-7(2)8(11)12/h6H,3-5H2,1-2H3,(H,11,12)/b10-7+. The number of hydrogen-bond acceptors (Lipinski definition) is 3. The first-order valence-electron chi connectivity index (χ1n) is 4.08. The Labute approximate surface area is 76.4 Å². The van der Waals surface area contributed by atoms with Crippen molar-refractivity contribution in [1.29, 1.82) is 0 Å². The van der Waals surface area contributed by atoms with Crippen molar-refractivity contribution in [3.63, 3.8) is 0 Å². The average molecular weight is 191 g/mol. The fourth-order valence-electron chi connectivity index (χ4n) is 0.611. The molecule has 0 aliphatic heterocycles. The number of aliphatic carboxylic acids is 1. The minimum absolute atomic E-state index is 0.103. The van der Waals surface area contributed by atoms with Crippen LogP contribution in [0.15, 0.2) is 5.16 Å². The van der Waals surface area contributed by atoms with Crippen LogP contribution in [-0.2, 0) is 9.63 Å². The Bertz CT molecular complexity index is 192. The molecule has 0 amide bonds. The zero-order valence-electron chi connectivity index (χ0n) is 7.79. The second kappa shape index (κ2) is 6.39. The first-order chi connectivity index (χ1) is 6.04. The summed E-state index contributed by atoms with van der Waals surface area (Å²) in [5, 5.41) is 11.7. The molecule has 1 unspecified atom stereocenters. The highest BCUT2D eigenvalue weighted by Gasteiger charge is 2.01. The van der Waals surface area contributed by atoms with Gasteiger partial charge in [-0.2, -0.15) is 0 Å². The third-order valence-corrected chi connectivity index (χ3v) is 1.35. The lowest BCUT2D eigenvalue weighted by molar-refractivity contribution is -0.129. The topological polar surface area (TPSA) is 58.9 Å². The van der Waals surface area contributed by atoms with Crippen LogP contribution in [0.3, 0.4) is 0 Å². The highest BCUT2D eigenvalue weighted by atomic mass is 19.1. The van der Waals surface area contributed by atoms with Gasteiger partial charge < -0.3 is 9.94 Å².